The number of hydrogen-bond donors (Lipinski definition) is 1. The van der Waals surface area contributed by atoms with E-state index < -0.39 is 0 Å². The van der Waals surface area contributed by atoms with E-state index in [1.54, 1.807) is 18.3 Å². The summed E-state index contributed by atoms with van der Waals surface area (Å²) in [5, 5.41) is 14.8. The Kier molecular flexibility index (Phi) is 5.00. The molecule has 2 aliphatic heterocycles. The predicted molar refractivity (Wildman–Crippen MR) is 95.4 cm³/mol. The van der Waals surface area contributed by atoms with Gasteiger partial charge in [-0.15, -0.1) is 0 Å². The van der Waals surface area contributed by atoms with Gasteiger partial charge in [-0.05, 0) is 17.4 Å². The Labute approximate surface area is 151 Å². The number of nitrogens with one attached hydrogen (secondary N) is 1. The molecule has 2 saturated heterocycles. The van der Waals surface area contributed by atoms with Crippen molar-refractivity contribution >= 4 is 17.3 Å². The Morgan fingerprint density at radius 3 is 2.88 bits per heavy atom. The molecular formula is C17H23N5O4. The van der Waals surface area contributed by atoms with Crippen molar-refractivity contribution in [3.63, 3.8) is 0 Å². The van der Waals surface area contributed by atoms with Crippen LogP contribution in [-0.2, 0) is 9.47 Å². The van der Waals surface area contributed by atoms with Crippen molar-refractivity contribution in [3.8, 4) is 0 Å². The number of fused-ring (bicyclic) bond motifs is 1. The van der Waals surface area contributed by atoms with Gasteiger partial charge in [0.1, 0.15) is 0 Å². The number of rotatable bonds is 6. The summed E-state index contributed by atoms with van der Waals surface area (Å²) in [4.78, 5) is 18.0. The van der Waals surface area contributed by atoms with Crippen LogP contribution in [0.5, 0.6) is 0 Å². The molecule has 9 heteroatoms. The van der Waals surface area contributed by atoms with Gasteiger partial charge < -0.3 is 24.9 Å². The van der Waals surface area contributed by atoms with E-state index in [1.165, 1.54) is 4.40 Å². The van der Waals surface area contributed by atoms with Crippen molar-refractivity contribution in [2.75, 3.05) is 51.4 Å². The highest BCUT2D eigenvalue weighted by atomic mass is 16.6. The Balaban J connectivity index is 1.56. The van der Waals surface area contributed by atoms with Crippen LogP contribution < -0.4 is 5.32 Å². The fourth-order valence-corrected chi connectivity index (χ4v) is 3.84. The second-order valence-corrected chi connectivity index (χ2v) is 6.69. The molecule has 4 rings (SSSR count). The Bertz CT molecular complexity index is 768. The lowest BCUT2D eigenvalue weighted by molar-refractivity contribution is -0.389. The molecule has 0 aliphatic carbocycles. The van der Waals surface area contributed by atoms with Gasteiger partial charge in [0, 0.05) is 44.3 Å². The number of hydrogen-bond acceptors (Lipinski definition) is 7. The largest absolute Gasteiger partial charge is 0.381 e. The molecule has 26 heavy (non-hydrogen) atoms. The van der Waals surface area contributed by atoms with Crippen LogP contribution in [0.2, 0.25) is 0 Å². The minimum atomic E-state index is -0.384. The van der Waals surface area contributed by atoms with Gasteiger partial charge in [-0.1, -0.05) is 6.07 Å². The second-order valence-electron chi connectivity index (χ2n) is 6.69. The molecule has 0 radical (unpaired) electrons. The molecule has 0 bridgehead atoms. The van der Waals surface area contributed by atoms with E-state index in [0.717, 1.165) is 45.9 Å². The second kappa shape index (κ2) is 7.56. The zero-order valence-corrected chi connectivity index (χ0v) is 14.5. The van der Waals surface area contributed by atoms with Crippen molar-refractivity contribution < 1.29 is 14.4 Å². The number of imidazole rings is 1. The van der Waals surface area contributed by atoms with E-state index in [4.69, 9.17) is 9.47 Å². The van der Waals surface area contributed by atoms with Crippen molar-refractivity contribution in [3.05, 3.63) is 34.5 Å². The predicted octanol–water partition coefficient (Wildman–Crippen LogP) is 1.39. The molecule has 0 spiro atoms. The van der Waals surface area contributed by atoms with Crippen LogP contribution in [0.25, 0.3) is 5.65 Å². The van der Waals surface area contributed by atoms with Gasteiger partial charge in [0.15, 0.2) is 0 Å². The van der Waals surface area contributed by atoms with E-state index in [2.05, 4.69) is 15.2 Å². The molecular weight excluding hydrogens is 338 g/mol. The van der Waals surface area contributed by atoms with Crippen molar-refractivity contribution in [2.45, 2.75) is 12.5 Å². The summed E-state index contributed by atoms with van der Waals surface area (Å²) in [5.41, 5.74) is 0.564. The van der Waals surface area contributed by atoms with Crippen LogP contribution in [0.15, 0.2) is 24.4 Å². The normalized spacial score (nSPS) is 22.5. The summed E-state index contributed by atoms with van der Waals surface area (Å²) in [6, 6.07) is 5.59. The zero-order chi connectivity index (χ0) is 17.9. The van der Waals surface area contributed by atoms with Gasteiger partial charge in [-0.25, -0.2) is 0 Å². The van der Waals surface area contributed by atoms with E-state index in [0.29, 0.717) is 23.9 Å². The first-order valence-electron chi connectivity index (χ1n) is 8.99. The zero-order valence-electron chi connectivity index (χ0n) is 14.5. The smallest absolute Gasteiger partial charge is 0.372 e. The molecule has 2 aromatic heterocycles. The van der Waals surface area contributed by atoms with Gasteiger partial charge in [-0.3, -0.25) is 4.90 Å². The molecule has 140 valence electrons. The first kappa shape index (κ1) is 17.2. The van der Waals surface area contributed by atoms with Gasteiger partial charge in [0.05, 0.1) is 26.0 Å². The Hall–Kier alpha value is -2.23. The average Bonchev–Trinajstić information content (AvgIpc) is 3.30. The summed E-state index contributed by atoms with van der Waals surface area (Å²) >= 11 is 0. The Morgan fingerprint density at radius 1 is 1.31 bits per heavy atom. The lowest BCUT2D eigenvalue weighted by Gasteiger charge is -2.37. The first-order chi connectivity index (χ1) is 12.7. The van der Waals surface area contributed by atoms with Crippen molar-refractivity contribution in [1.82, 2.24) is 14.3 Å². The molecule has 2 atom stereocenters. The number of pyridine rings is 1. The van der Waals surface area contributed by atoms with E-state index >= 15 is 0 Å². The van der Waals surface area contributed by atoms with E-state index in [9.17, 15) is 10.1 Å². The van der Waals surface area contributed by atoms with E-state index in [-0.39, 0.29) is 16.8 Å². The Morgan fingerprint density at radius 2 is 2.15 bits per heavy atom. The van der Waals surface area contributed by atoms with Gasteiger partial charge in [0.25, 0.3) is 0 Å². The maximum atomic E-state index is 11.6. The molecule has 0 saturated carbocycles. The van der Waals surface area contributed by atoms with Crippen LogP contribution in [0.1, 0.15) is 6.42 Å². The summed E-state index contributed by atoms with van der Waals surface area (Å²) in [6.07, 6.45) is 2.67. The standard InChI is InChI=1S/C17H23N5O4/c23-22(24)17-16(19-15-3-1-2-5-21(15)17)18-11-14(13-4-8-26-12-13)20-6-9-25-10-7-20/h1-3,5,13-14,18H,4,6-12H2. The van der Waals surface area contributed by atoms with Crippen LogP contribution >= 0.6 is 0 Å². The number of morpholine rings is 1. The van der Waals surface area contributed by atoms with Gasteiger partial charge in [-0.2, -0.15) is 9.38 Å². The monoisotopic (exact) mass is 361 g/mol. The average molecular weight is 361 g/mol. The summed E-state index contributed by atoms with van der Waals surface area (Å²) in [6.45, 7) is 5.29. The quantitative estimate of drug-likeness (QED) is 0.614. The minimum Gasteiger partial charge on any atom is -0.381 e. The highest BCUT2D eigenvalue weighted by Crippen LogP contribution is 2.27. The molecule has 1 N–H and O–H groups in total. The maximum Gasteiger partial charge on any atom is 0.372 e. The van der Waals surface area contributed by atoms with Crippen LogP contribution in [-0.4, -0.2) is 71.3 Å². The molecule has 4 heterocycles. The summed E-state index contributed by atoms with van der Waals surface area (Å²) in [5.74, 6) is 0.707. The molecule has 0 amide bonds. The first-order valence-corrected chi connectivity index (χ1v) is 8.99. The third-order valence-corrected chi connectivity index (χ3v) is 5.18. The van der Waals surface area contributed by atoms with E-state index in [1.807, 2.05) is 6.07 Å². The fraction of sp³-hybridized carbons (Fsp3) is 0.588. The molecule has 9 nitrogen and oxygen atoms in total. The molecule has 2 unspecified atom stereocenters. The summed E-state index contributed by atoms with van der Waals surface area (Å²) < 4.78 is 12.5. The topological polar surface area (TPSA) is 94.2 Å². The summed E-state index contributed by atoms with van der Waals surface area (Å²) in [7, 11) is 0. The van der Waals surface area contributed by atoms with Crippen LogP contribution in [0.3, 0.4) is 0 Å². The molecule has 2 fully saturated rings. The van der Waals surface area contributed by atoms with Crippen LogP contribution in [0, 0.1) is 16.0 Å². The lowest BCUT2D eigenvalue weighted by atomic mass is 9.97. The number of ether oxygens (including phenoxy) is 2. The molecule has 2 aromatic rings. The number of nitro groups is 1. The minimum absolute atomic E-state index is 0.0241. The number of anilines is 1. The van der Waals surface area contributed by atoms with Crippen LogP contribution in [0.4, 0.5) is 11.6 Å². The third kappa shape index (κ3) is 3.37. The SMILES string of the molecule is O=[N+]([O-])c1c(NCC(C2CCOC2)N2CCOCC2)nc2ccccn12. The number of aromatic nitrogens is 2. The molecule has 2 aliphatic rings. The highest BCUT2D eigenvalue weighted by molar-refractivity contribution is 5.62. The third-order valence-electron chi connectivity index (χ3n) is 5.18. The highest BCUT2D eigenvalue weighted by Gasteiger charge is 2.32. The van der Waals surface area contributed by atoms with Crippen molar-refractivity contribution in [1.29, 1.82) is 0 Å². The number of nitrogens with zero attached hydrogens (tertiary/aromatic N) is 4. The lowest BCUT2D eigenvalue weighted by Crippen LogP contribution is -2.50. The molecule has 0 aromatic carbocycles. The van der Waals surface area contributed by atoms with Crippen molar-refractivity contribution in [2.24, 2.45) is 5.92 Å². The van der Waals surface area contributed by atoms with Gasteiger partial charge in [0.2, 0.25) is 11.5 Å². The fourth-order valence-electron chi connectivity index (χ4n) is 3.84. The van der Waals surface area contributed by atoms with Gasteiger partial charge >= 0.3 is 5.82 Å². The maximum absolute atomic E-state index is 11.6.